The Hall–Kier alpha value is -0.830. The van der Waals surface area contributed by atoms with Gasteiger partial charge in [0.2, 0.25) is 0 Å². The lowest BCUT2D eigenvalue weighted by molar-refractivity contribution is 0.552. The number of aromatic nitrogens is 2. The first-order valence-electron chi connectivity index (χ1n) is 6.64. The summed E-state index contributed by atoms with van der Waals surface area (Å²) in [6.45, 7) is 7.72. The van der Waals surface area contributed by atoms with Crippen molar-refractivity contribution in [1.29, 1.82) is 0 Å². The summed E-state index contributed by atoms with van der Waals surface area (Å²) in [5.74, 6) is 1.31. The van der Waals surface area contributed by atoms with E-state index in [0.717, 1.165) is 32.5 Å². The molecule has 1 N–H and O–H groups in total. The van der Waals surface area contributed by atoms with E-state index in [1.807, 2.05) is 0 Å². The highest BCUT2D eigenvalue weighted by Gasteiger charge is 2.18. The summed E-state index contributed by atoms with van der Waals surface area (Å²) in [6.07, 6.45) is 5.99. The van der Waals surface area contributed by atoms with E-state index in [1.54, 1.807) is 0 Å². The van der Waals surface area contributed by atoms with Crippen LogP contribution in [0.4, 0.5) is 0 Å². The smallest absolute Gasteiger partial charge is 0.109 e. The van der Waals surface area contributed by atoms with Gasteiger partial charge in [-0.25, -0.2) is 4.98 Å². The second-order valence-corrected chi connectivity index (χ2v) is 4.60. The van der Waals surface area contributed by atoms with E-state index in [1.165, 1.54) is 36.5 Å². The average Bonchev–Trinajstić information content (AvgIpc) is 2.65. The van der Waals surface area contributed by atoms with Crippen LogP contribution in [0.15, 0.2) is 0 Å². The van der Waals surface area contributed by atoms with Crippen LogP contribution < -0.4 is 5.32 Å². The molecular weight excluding hydrogens is 198 g/mol. The molecule has 2 heterocycles. The fraction of sp³-hybridized carbons (Fsp3) is 0.769. The molecule has 1 aliphatic heterocycles. The third-order valence-electron chi connectivity index (χ3n) is 3.27. The van der Waals surface area contributed by atoms with Crippen molar-refractivity contribution in [2.75, 3.05) is 6.54 Å². The maximum Gasteiger partial charge on any atom is 0.109 e. The maximum absolute atomic E-state index is 4.79. The van der Waals surface area contributed by atoms with E-state index >= 15 is 0 Å². The van der Waals surface area contributed by atoms with E-state index in [2.05, 4.69) is 23.7 Å². The second-order valence-electron chi connectivity index (χ2n) is 4.60. The molecule has 0 unspecified atom stereocenters. The number of aryl methyl sites for hydroxylation is 1. The van der Waals surface area contributed by atoms with Crippen molar-refractivity contribution >= 4 is 0 Å². The SMILES string of the molecule is CCCCn1c(CCC)nc2c1CCNC2. The van der Waals surface area contributed by atoms with Gasteiger partial charge in [-0.05, 0) is 12.8 Å². The Morgan fingerprint density at radius 2 is 2.19 bits per heavy atom. The largest absolute Gasteiger partial charge is 0.332 e. The van der Waals surface area contributed by atoms with E-state index in [0.29, 0.717) is 0 Å². The summed E-state index contributed by atoms with van der Waals surface area (Å²) in [7, 11) is 0. The van der Waals surface area contributed by atoms with Gasteiger partial charge in [0, 0.05) is 38.2 Å². The first-order chi connectivity index (χ1) is 7.86. The van der Waals surface area contributed by atoms with Crippen LogP contribution in [0.5, 0.6) is 0 Å². The van der Waals surface area contributed by atoms with Crippen molar-refractivity contribution in [3.63, 3.8) is 0 Å². The van der Waals surface area contributed by atoms with Crippen molar-refractivity contribution < 1.29 is 0 Å². The molecule has 0 saturated carbocycles. The summed E-state index contributed by atoms with van der Waals surface area (Å²) in [6, 6.07) is 0. The quantitative estimate of drug-likeness (QED) is 0.826. The minimum atomic E-state index is 0.963. The number of imidazole rings is 1. The van der Waals surface area contributed by atoms with Crippen molar-refractivity contribution in [2.24, 2.45) is 0 Å². The van der Waals surface area contributed by atoms with Crippen LogP contribution in [-0.4, -0.2) is 16.1 Å². The number of fused-ring (bicyclic) bond motifs is 1. The van der Waals surface area contributed by atoms with Gasteiger partial charge in [-0.3, -0.25) is 0 Å². The molecule has 0 bridgehead atoms. The van der Waals surface area contributed by atoms with Crippen LogP contribution in [0.25, 0.3) is 0 Å². The molecule has 3 nitrogen and oxygen atoms in total. The van der Waals surface area contributed by atoms with E-state index < -0.39 is 0 Å². The van der Waals surface area contributed by atoms with Gasteiger partial charge < -0.3 is 9.88 Å². The average molecular weight is 221 g/mol. The third kappa shape index (κ3) is 2.29. The molecule has 0 amide bonds. The van der Waals surface area contributed by atoms with E-state index in [-0.39, 0.29) is 0 Å². The highest BCUT2D eigenvalue weighted by atomic mass is 15.1. The summed E-state index contributed by atoms with van der Waals surface area (Å²) in [5, 5.41) is 3.40. The molecule has 0 aromatic carbocycles. The number of nitrogens with one attached hydrogen (secondary N) is 1. The number of nitrogens with zero attached hydrogens (tertiary/aromatic N) is 2. The molecule has 90 valence electrons. The summed E-state index contributed by atoms with van der Waals surface area (Å²) in [4.78, 5) is 4.79. The van der Waals surface area contributed by atoms with Gasteiger partial charge in [-0.15, -0.1) is 0 Å². The van der Waals surface area contributed by atoms with E-state index in [4.69, 9.17) is 4.98 Å². The predicted molar refractivity (Wildman–Crippen MR) is 66.5 cm³/mol. The van der Waals surface area contributed by atoms with Crippen LogP contribution >= 0.6 is 0 Å². The highest BCUT2D eigenvalue weighted by Crippen LogP contribution is 2.18. The molecule has 0 spiro atoms. The zero-order valence-corrected chi connectivity index (χ0v) is 10.6. The lowest BCUT2D eigenvalue weighted by atomic mass is 10.2. The molecule has 0 atom stereocenters. The Balaban J connectivity index is 2.24. The molecule has 1 aromatic rings. The van der Waals surface area contributed by atoms with Crippen LogP contribution in [0.2, 0.25) is 0 Å². The summed E-state index contributed by atoms with van der Waals surface area (Å²) < 4.78 is 2.49. The molecule has 0 aliphatic carbocycles. The fourth-order valence-electron chi connectivity index (χ4n) is 2.42. The van der Waals surface area contributed by atoms with Gasteiger partial charge >= 0.3 is 0 Å². The number of hydrogen-bond donors (Lipinski definition) is 1. The van der Waals surface area contributed by atoms with Gasteiger partial charge in [0.25, 0.3) is 0 Å². The lowest BCUT2D eigenvalue weighted by Gasteiger charge is -2.15. The maximum atomic E-state index is 4.79. The monoisotopic (exact) mass is 221 g/mol. The van der Waals surface area contributed by atoms with Gasteiger partial charge in [0.05, 0.1) is 5.69 Å². The molecule has 16 heavy (non-hydrogen) atoms. The van der Waals surface area contributed by atoms with Crippen molar-refractivity contribution in [3.05, 3.63) is 17.2 Å². The summed E-state index contributed by atoms with van der Waals surface area (Å²) >= 11 is 0. The van der Waals surface area contributed by atoms with Crippen molar-refractivity contribution in [2.45, 2.75) is 59.0 Å². The van der Waals surface area contributed by atoms with Gasteiger partial charge in [-0.2, -0.15) is 0 Å². The number of hydrogen-bond acceptors (Lipinski definition) is 2. The zero-order valence-electron chi connectivity index (χ0n) is 10.6. The van der Waals surface area contributed by atoms with E-state index in [9.17, 15) is 0 Å². The first kappa shape index (κ1) is 11.6. The minimum Gasteiger partial charge on any atom is -0.332 e. The minimum absolute atomic E-state index is 0.963. The Kier molecular flexibility index (Phi) is 3.99. The predicted octanol–water partition coefficient (Wildman–Crippen LogP) is 2.28. The Morgan fingerprint density at radius 3 is 2.94 bits per heavy atom. The zero-order chi connectivity index (χ0) is 11.4. The Bertz CT molecular complexity index is 341. The standard InChI is InChI=1S/C13H23N3/c1-3-5-9-16-12-7-8-14-10-11(12)15-13(16)6-4-2/h14H,3-10H2,1-2H3. The topological polar surface area (TPSA) is 29.9 Å². The highest BCUT2D eigenvalue weighted by molar-refractivity contribution is 5.20. The van der Waals surface area contributed by atoms with Gasteiger partial charge in [-0.1, -0.05) is 20.3 Å². The molecule has 0 saturated heterocycles. The number of unbranched alkanes of at least 4 members (excludes halogenated alkanes) is 1. The molecule has 1 aliphatic rings. The van der Waals surface area contributed by atoms with Crippen LogP contribution in [0, 0.1) is 0 Å². The second kappa shape index (κ2) is 5.48. The molecule has 1 aromatic heterocycles. The van der Waals surface area contributed by atoms with Crippen LogP contribution in [0.1, 0.15) is 50.3 Å². The number of rotatable bonds is 5. The summed E-state index contributed by atoms with van der Waals surface area (Å²) in [5.41, 5.74) is 2.79. The van der Waals surface area contributed by atoms with Crippen LogP contribution in [-0.2, 0) is 25.9 Å². The molecule has 0 fully saturated rings. The first-order valence-corrected chi connectivity index (χ1v) is 6.64. The molecular formula is C13H23N3. The van der Waals surface area contributed by atoms with Crippen molar-refractivity contribution in [3.8, 4) is 0 Å². The van der Waals surface area contributed by atoms with Crippen molar-refractivity contribution in [1.82, 2.24) is 14.9 Å². The molecule has 3 heteroatoms. The third-order valence-corrected chi connectivity index (χ3v) is 3.27. The lowest BCUT2D eigenvalue weighted by Crippen LogP contribution is -2.25. The fourth-order valence-corrected chi connectivity index (χ4v) is 2.42. The molecule has 0 radical (unpaired) electrons. The normalized spacial score (nSPS) is 15.1. The Morgan fingerprint density at radius 1 is 1.31 bits per heavy atom. The van der Waals surface area contributed by atoms with Crippen LogP contribution in [0.3, 0.4) is 0 Å². The molecule has 2 rings (SSSR count). The van der Waals surface area contributed by atoms with Gasteiger partial charge in [0.1, 0.15) is 5.82 Å². The van der Waals surface area contributed by atoms with Gasteiger partial charge in [0.15, 0.2) is 0 Å². The Labute approximate surface area is 98.3 Å².